The van der Waals surface area contributed by atoms with Gasteiger partial charge in [-0.1, -0.05) is 11.6 Å². The number of aromatic nitrogens is 3. The number of halogens is 2. The molecule has 58 valence electrons. The molecule has 2 rings (SSSR count). The first kappa shape index (κ1) is 8.30. The highest BCUT2D eigenvalue weighted by Crippen LogP contribution is 2.04. The Morgan fingerprint density at radius 3 is 3.00 bits per heavy atom. The van der Waals surface area contributed by atoms with Gasteiger partial charge in [-0.15, -0.1) is 12.4 Å². The maximum atomic E-state index is 5.62. The Labute approximate surface area is 74.4 Å². The molecule has 0 aliphatic heterocycles. The molecule has 2 heterocycles. The predicted octanol–water partition coefficient (Wildman–Crippen LogP) is 1.80. The molecule has 0 atom stereocenters. The average molecular weight is 190 g/mol. The number of hydrogen-bond acceptors (Lipinski definition) is 2. The van der Waals surface area contributed by atoms with E-state index in [1.165, 1.54) is 0 Å². The molecular weight excluding hydrogens is 185 g/mol. The summed E-state index contributed by atoms with van der Waals surface area (Å²) in [7, 11) is 0. The second kappa shape index (κ2) is 3.07. The molecule has 2 aromatic heterocycles. The molecule has 0 spiro atoms. The Morgan fingerprint density at radius 1 is 1.36 bits per heavy atom. The molecular formula is C6H5Cl2N3. The van der Waals surface area contributed by atoms with E-state index in [1.54, 1.807) is 23.0 Å². The van der Waals surface area contributed by atoms with Crippen LogP contribution in [0, 0.1) is 0 Å². The lowest BCUT2D eigenvalue weighted by Gasteiger charge is -1.90. The molecule has 0 N–H and O–H groups in total. The molecule has 0 amide bonds. The van der Waals surface area contributed by atoms with Crippen LogP contribution < -0.4 is 0 Å². The highest BCUT2D eigenvalue weighted by molar-refractivity contribution is 6.29. The van der Waals surface area contributed by atoms with Crippen LogP contribution in [0.2, 0.25) is 5.15 Å². The van der Waals surface area contributed by atoms with E-state index >= 15 is 0 Å². The van der Waals surface area contributed by atoms with Crippen LogP contribution in [0.15, 0.2) is 24.5 Å². The minimum Gasteiger partial charge on any atom is -0.236 e. The number of fused-ring (bicyclic) bond motifs is 1. The smallest absolute Gasteiger partial charge is 0.153 e. The van der Waals surface area contributed by atoms with Crippen molar-refractivity contribution in [2.24, 2.45) is 0 Å². The van der Waals surface area contributed by atoms with Crippen molar-refractivity contribution in [3.63, 3.8) is 0 Å². The van der Waals surface area contributed by atoms with E-state index in [2.05, 4.69) is 10.1 Å². The van der Waals surface area contributed by atoms with Gasteiger partial charge < -0.3 is 0 Å². The second-order valence-corrected chi connectivity index (χ2v) is 2.27. The zero-order valence-corrected chi connectivity index (χ0v) is 7.01. The number of hydrogen-bond donors (Lipinski definition) is 0. The summed E-state index contributed by atoms with van der Waals surface area (Å²) in [6.45, 7) is 0. The molecule has 0 fully saturated rings. The lowest BCUT2D eigenvalue weighted by molar-refractivity contribution is 0.936. The van der Waals surface area contributed by atoms with E-state index < -0.39 is 0 Å². The molecule has 0 aromatic carbocycles. The quantitative estimate of drug-likeness (QED) is 0.633. The van der Waals surface area contributed by atoms with Crippen LogP contribution in [-0.2, 0) is 0 Å². The van der Waals surface area contributed by atoms with Crippen LogP contribution in [0.1, 0.15) is 0 Å². The molecule has 0 saturated heterocycles. The largest absolute Gasteiger partial charge is 0.236 e. The Morgan fingerprint density at radius 2 is 2.18 bits per heavy atom. The Hall–Kier alpha value is -0.800. The SMILES string of the molecule is Cl.Clc1ccc2nccn2n1. The lowest BCUT2D eigenvalue weighted by Crippen LogP contribution is -1.88. The van der Waals surface area contributed by atoms with Crippen LogP contribution >= 0.6 is 24.0 Å². The van der Waals surface area contributed by atoms with Gasteiger partial charge in [-0.3, -0.25) is 0 Å². The van der Waals surface area contributed by atoms with Gasteiger partial charge in [0.05, 0.1) is 0 Å². The van der Waals surface area contributed by atoms with Crippen molar-refractivity contribution in [3.05, 3.63) is 29.7 Å². The van der Waals surface area contributed by atoms with Gasteiger partial charge in [0, 0.05) is 12.4 Å². The topological polar surface area (TPSA) is 30.2 Å². The van der Waals surface area contributed by atoms with Gasteiger partial charge in [0.2, 0.25) is 0 Å². The molecule has 3 nitrogen and oxygen atoms in total. The van der Waals surface area contributed by atoms with Crippen molar-refractivity contribution in [1.82, 2.24) is 14.6 Å². The first-order valence-electron chi connectivity index (χ1n) is 2.82. The second-order valence-electron chi connectivity index (χ2n) is 1.89. The van der Waals surface area contributed by atoms with Gasteiger partial charge in [-0.05, 0) is 12.1 Å². The number of rotatable bonds is 0. The molecule has 2 aromatic rings. The van der Waals surface area contributed by atoms with Crippen LogP contribution in [-0.4, -0.2) is 14.6 Å². The zero-order chi connectivity index (χ0) is 6.97. The summed E-state index contributed by atoms with van der Waals surface area (Å²) in [5, 5.41) is 4.43. The summed E-state index contributed by atoms with van der Waals surface area (Å²) in [5.41, 5.74) is 0.810. The first-order chi connectivity index (χ1) is 4.86. The maximum Gasteiger partial charge on any atom is 0.153 e. The fourth-order valence-electron chi connectivity index (χ4n) is 0.792. The summed E-state index contributed by atoms with van der Waals surface area (Å²) in [5.74, 6) is 0. The normalized spacial score (nSPS) is 9.55. The van der Waals surface area contributed by atoms with Crippen LogP contribution in [0.25, 0.3) is 5.65 Å². The summed E-state index contributed by atoms with van der Waals surface area (Å²) >= 11 is 5.62. The molecule has 0 saturated carbocycles. The monoisotopic (exact) mass is 189 g/mol. The molecule has 0 aliphatic rings. The number of nitrogens with zero attached hydrogens (tertiary/aromatic N) is 3. The van der Waals surface area contributed by atoms with Gasteiger partial charge in [-0.2, -0.15) is 5.10 Å². The van der Waals surface area contributed by atoms with E-state index in [-0.39, 0.29) is 12.4 Å². The fourth-order valence-corrected chi connectivity index (χ4v) is 0.936. The lowest BCUT2D eigenvalue weighted by atomic mass is 10.6. The van der Waals surface area contributed by atoms with Crippen LogP contribution in [0.5, 0.6) is 0 Å². The Bertz CT molecular complexity index is 357. The Kier molecular flexibility index (Phi) is 2.31. The van der Waals surface area contributed by atoms with E-state index in [4.69, 9.17) is 11.6 Å². The maximum absolute atomic E-state index is 5.62. The molecule has 11 heavy (non-hydrogen) atoms. The van der Waals surface area contributed by atoms with E-state index in [0.717, 1.165) is 5.65 Å². The molecule has 5 heteroatoms. The average Bonchev–Trinajstić information content (AvgIpc) is 2.33. The van der Waals surface area contributed by atoms with Crippen molar-refractivity contribution in [2.75, 3.05) is 0 Å². The molecule has 0 radical (unpaired) electrons. The highest BCUT2D eigenvalue weighted by Gasteiger charge is 1.92. The van der Waals surface area contributed by atoms with Crippen LogP contribution in [0.4, 0.5) is 0 Å². The third-order valence-corrected chi connectivity index (χ3v) is 1.42. The summed E-state index contributed by atoms with van der Waals surface area (Å²) in [6, 6.07) is 3.53. The van der Waals surface area contributed by atoms with Gasteiger partial charge in [0.1, 0.15) is 5.15 Å². The van der Waals surface area contributed by atoms with Crippen molar-refractivity contribution in [2.45, 2.75) is 0 Å². The first-order valence-corrected chi connectivity index (χ1v) is 3.20. The summed E-state index contributed by atoms with van der Waals surface area (Å²) in [4.78, 5) is 4.00. The van der Waals surface area contributed by atoms with Gasteiger partial charge in [0.25, 0.3) is 0 Å². The van der Waals surface area contributed by atoms with Gasteiger partial charge in [0.15, 0.2) is 5.65 Å². The third-order valence-electron chi connectivity index (χ3n) is 1.22. The van der Waals surface area contributed by atoms with E-state index in [1.807, 2.05) is 6.07 Å². The van der Waals surface area contributed by atoms with Gasteiger partial charge in [-0.25, -0.2) is 9.50 Å². The van der Waals surface area contributed by atoms with E-state index in [0.29, 0.717) is 5.15 Å². The van der Waals surface area contributed by atoms with E-state index in [9.17, 15) is 0 Å². The fraction of sp³-hybridized carbons (Fsp3) is 0. The van der Waals surface area contributed by atoms with Crippen molar-refractivity contribution in [3.8, 4) is 0 Å². The standard InChI is InChI=1S/C6H4ClN3.ClH/c7-5-1-2-6-8-3-4-10(6)9-5;/h1-4H;1H. The van der Waals surface area contributed by atoms with Gasteiger partial charge >= 0.3 is 0 Å². The summed E-state index contributed by atoms with van der Waals surface area (Å²) in [6.07, 6.45) is 3.43. The third kappa shape index (κ3) is 1.44. The molecule has 0 unspecified atom stereocenters. The highest BCUT2D eigenvalue weighted by atomic mass is 35.5. The zero-order valence-electron chi connectivity index (χ0n) is 5.44. The minimum atomic E-state index is 0. The Balaban J connectivity index is 0.000000605. The van der Waals surface area contributed by atoms with Crippen LogP contribution in [0.3, 0.4) is 0 Å². The van der Waals surface area contributed by atoms with Crippen molar-refractivity contribution < 1.29 is 0 Å². The predicted molar refractivity (Wildman–Crippen MR) is 45.2 cm³/mol. The molecule has 0 bridgehead atoms. The van der Waals surface area contributed by atoms with Crippen molar-refractivity contribution >= 4 is 29.7 Å². The van der Waals surface area contributed by atoms with Crippen molar-refractivity contribution in [1.29, 1.82) is 0 Å². The molecule has 0 aliphatic carbocycles. The number of imidazole rings is 1. The minimum absolute atomic E-state index is 0. The summed E-state index contributed by atoms with van der Waals surface area (Å²) < 4.78 is 1.63.